The van der Waals surface area contributed by atoms with Gasteiger partial charge in [-0.15, -0.1) is 0 Å². The minimum atomic E-state index is -0.542. The maximum atomic E-state index is 12.6. The smallest absolute Gasteiger partial charge is 0.239 e. The number of carbonyl (C=O) groups is 1. The van der Waals surface area contributed by atoms with Crippen molar-refractivity contribution >= 4 is 5.91 Å². The van der Waals surface area contributed by atoms with Gasteiger partial charge >= 0.3 is 0 Å². The fourth-order valence-corrected chi connectivity index (χ4v) is 3.61. The lowest BCUT2D eigenvalue weighted by Gasteiger charge is -2.29. The fourth-order valence-electron chi connectivity index (χ4n) is 3.61. The predicted octanol–water partition coefficient (Wildman–Crippen LogP) is 1.15. The van der Waals surface area contributed by atoms with Gasteiger partial charge < -0.3 is 5.32 Å². The van der Waals surface area contributed by atoms with Crippen LogP contribution < -0.4 is 16.2 Å². The van der Waals surface area contributed by atoms with Gasteiger partial charge in [-0.3, -0.25) is 20.3 Å². The van der Waals surface area contributed by atoms with Gasteiger partial charge in [0.2, 0.25) is 11.9 Å². The summed E-state index contributed by atoms with van der Waals surface area (Å²) in [7, 11) is 0. The minimum absolute atomic E-state index is 0.0397. The molecule has 124 valence electrons. The maximum Gasteiger partial charge on any atom is 0.239 e. The van der Waals surface area contributed by atoms with Crippen LogP contribution in [0.1, 0.15) is 37.8 Å². The van der Waals surface area contributed by atoms with E-state index < -0.39 is 12.1 Å². The number of benzene rings is 1. The SMILES string of the molecule is CC(NC(=O)C1NNC2CCC([N+](=O)[O-])CC21)c1ccccc1. The molecule has 1 heterocycles. The summed E-state index contributed by atoms with van der Waals surface area (Å²) in [6, 6.07) is 8.82. The third-order valence-electron chi connectivity index (χ3n) is 4.96. The Hall–Kier alpha value is -1.99. The molecule has 5 atom stereocenters. The number of rotatable bonds is 4. The van der Waals surface area contributed by atoms with Crippen LogP contribution in [0, 0.1) is 16.0 Å². The van der Waals surface area contributed by atoms with Crippen LogP contribution in [0.5, 0.6) is 0 Å². The van der Waals surface area contributed by atoms with Crippen LogP contribution in [0.4, 0.5) is 0 Å². The van der Waals surface area contributed by atoms with E-state index in [-0.39, 0.29) is 28.8 Å². The molecule has 3 N–H and O–H groups in total. The van der Waals surface area contributed by atoms with E-state index in [1.807, 2.05) is 37.3 Å². The molecule has 1 aromatic carbocycles. The van der Waals surface area contributed by atoms with Crippen LogP contribution in [0.3, 0.4) is 0 Å². The third kappa shape index (κ3) is 3.35. The number of fused-ring (bicyclic) bond motifs is 1. The quantitative estimate of drug-likeness (QED) is 0.572. The molecule has 3 rings (SSSR count). The summed E-state index contributed by atoms with van der Waals surface area (Å²) in [4.78, 5) is 23.4. The first-order valence-corrected chi connectivity index (χ1v) is 8.06. The molecular formula is C16H22N4O3. The van der Waals surface area contributed by atoms with E-state index in [1.165, 1.54) is 0 Å². The lowest BCUT2D eigenvalue weighted by Crippen LogP contribution is -2.47. The number of hydrogen-bond acceptors (Lipinski definition) is 5. The number of carbonyl (C=O) groups excluding carboxylic acids is 1. The molecule has 1 saturated heterocycles. The number of amides is 1. The van der Waals surface area contributed by atoms with Crippen LogP contribution in [-0.4, -0.2) is 29.0 Å². The molecule has 0 spiro atoms. The van der Waals surface area contributed by atoms with Gasteiger partial charge in [0.25, 0.3) is 0 Å². The highest BCUT2D eigenvalue weighted by atomic mass is 16.6. The molecule has 1 aliphatic carbocycles. The van der Waals surface area contributed by atoms with Crippen molar-refractivity contribution in [3.05, 3.63) is 46.0 Å². The Bertz CT molecular complexity index is 580. The number of nitro groups is 1. The summed E-state index contributed by atoms with van der Waals surface area (Å²) < 4.78 is 0. The Morgan fingerprint density at radius 2 is 2.04 bits per heavy atom. The lowest BCUT2D eigenvalue weighted by atomic mass is 9.79. The van der Waals surface area contributed by atoms with Gasteiger partial charge in [-0.2, -0.15) is 0 Å². The van der Waals surface area contributed by atoms with Crippen LogP contribution in [0.15, 0.2) is 30.3 Å². The van der Waals surface area contributed by atoms with Gasteiger partial charge in [0.1, 0.15) is 6.04 Å². The summed E-state index contributed by atoms with van der Waals surface area (Å²) in [6.45, 7) is 1.94. The zero-order chi connectivity index (χ0) is 16.4. The maximum absolute atomic E-state index is 12.6. The first kappa shape index (κ1) is 15.9. The molecule has 1 saturated carbocycles. The Balaban J connectivity index is 1.64. The molecule has 2 fully saturated rings. The molecular weight excluding hydrogens is 296 g/mol. The molecule has 2 aliphatic rings. The first-order valence-electron chi connectivity index (χ1n) is 8.06. The van der Waals surface area contributed by atoms with Crippen LogP contribution in [-0.2, 0) is 4.79 Å². The van der Waals surface area contributed by atoms with Crippen molar-refractivity contribution in [3.63, 3.8) is 0 Å². The van der Waals surface area contributed by atoms with E-state index >= 15 is 0 Å². The standard InChI is InChI=1S/C16H22N4O3/c1-10(11-5-3-2-4-6-11)17-16(21)15-13-9-12(20(22)23)7-8-14(13)18-19-15/h2-6,10,12-15,18-19H,7-9H2,1H3,(H,17,21). The van der Waals surface area contributed by atoms with E-state index in [2.05, 4.69) is 16.2 Å². The summed E-state index contributed by atoms with van der Waals surface area (Å²) in [5.74, 6) is -0.146. The normalized spacial score (nSPS) is 31.2. The Labute approximate surface area is 135 Å². The molecule has 0 bridgehead atoms. The molecule has 5 unspecified atom stereocenters. The molecule has 7 heteroatoms. The highest BCUT2D eigenvalue weighted by molar-refractivity contribution is 5.83. The van der Waals surface area contributed by atoms with E-state index in [0.29, 0.717) is 12.8 Å². The second-order valence-electron chi connectivity index (χ2n) is 6.43. The van der Waals surface area contributed by atoms with Crippen molar-refractivity contribution in [1.29, 1.82) is 0 Å². The fraction of sp³-hybridized carbons (Fsp3) is 0.562. The molecule has 1 amide bonds. The summed E-state index contributed by atoms with van der Waals surface area (Å²) in [6.07, 6.45) is 1.73. The van der Waals surface area contributed by atoms with Gasteiger partial charge in [0.05, 0.1) is 6.04 Å². The zero-order valence-corrected chi connectivity index (χ0v) is 13.1. The monoisotopic (exact) mass is 318 g/mol. The van der Waals surface area contributed by atoms with Gasteiger partial charge in [0, 0.05) is 29.7 Å². The van der Waals surface area contributed by atoms with Crippen molar-refractivity contribution in [1.82, 2.24) is 16.2 Å². The van der Waals surface area contributed by atoms with E-state index in [9.17, 15) is 14.9 Å². The summed E-state index contributed by atoms with van der Waals surface area (Å²) >= 11 is 0. The number of nitrogens with one attached hydrogen (secondary N) is 3. The van der Waals surface area contributed by atoms with Gasteiger partial charge in [-0.1, -0.05) is 30.3 Å². The molecule has 0 aromatic heterocycles. The number of nitrogens with zero attached hydrogens (tertiary/aromatic N) is 1. The second kappa shape index (κ2) is 6.64. The zero-order valence-electron chi connectivity index (χ0n) is 13.1. The number of hydrazine groups is 1. The minimum Gasteiger partial charge on any atom is -0.348 e. The third-order valence-corrected chi connectivity index (χ3v) is 4.96. The topological polar surface area (TPSA) is 96.3 Å². The van der Waals surface area contributed by atoms with Crippen LogP contribution >= 0.6 is 0 Å². The van der Waals surface area contributed by atoms with Gasteiger partial charge in [0.15, 0.2) is 0 Å². The van der Waals surface area contributed by atoms with Crippen molar-refractivity contribution in [2.45, 2.75) is 50.4 Å². The van der Waals surface area contributed by atoms with Crippen molar-refractivity contribution in [2.24, 2.45) is 5.92 Å². The number of hydrogen-bond donors (Lipinski definition) is 3. The average Bonchev–Trinajstić information content (AvgIpc) is 2.98. The average molecular weight is 318 g/mol. The molecule has 7 nitrogen and oxygen atoms in total. The van der Waals surface area contributed by atoms with Crippen LogP contribution in [0.2, 0.25) is 0 Å². The highest BCUT2D eigenvalue weighted by Crippen LogP contribution is 2.32. The van der Waals surface area contributed by atoms with Crippen LogP contribution in [0.25, 0.3) is 0 Å². The summed E-state index contributed by atoms with van der Waals surface area (Å²) in [5, 5.41) is 14.1. The molecule has 1 aromatic rings. The van der Waals surface area contributed by atoms with Crippen molar-refractivity contribution < 1.29 is 9.72 Å². The summed E-state index contributed by atoms with van der Waals surface area (Å²) in [5.41, 5.74) is 7.20. The predicted molar refractivity (Wildman–Crippen MR) is 85.0 cm³/mol. The molecule has 23 heavy (non-hydrogen) atoms. The lowest BCUT2D eigenvalue weighted by molar-refractivity contribution is -0.528. The Morgan fingerprint density at radius 1 is 1.30 bits per heavy atom. The van der Waals surface area contributed by atoms with Gasteiger partial charge in [-0.05, 0) is 18.9 Å². The molecule has 1 aliphatic heterocycles. The van der Waals surface area contributed by atoms with Crippen molar-refractivity contribution in [2.75, 3.05) is 0 Å². The van der Waals surface area contributed by atoms with E-state index in [1.54, 1.807) is 0 Å². The first-order chi connectivity index (χ1) is 11.1. The van der Waals surface area contributed by atoms with Crippen molar-refractivity contribution in [3.8, 4) is 0 Å². The highest BCUT2D eigenvalue weighted by Gasteiger charge is 2.46. The van der Waals surface area contributed by atoms with Gasteiger partial charge in [-0.25, -0.2) is 5.43 Å². The van der Waals surface area contributed by atoms with E-state index in [4.69, 9.17) is 0 Å². The van der Waals surface area contributed by atoms with E-state index in [0.717, 1.165) is 12.0 Å². The molecule has 0 radical (unpaired) electrons. The largest absolute Gasteiger partial charge is 0.348 e. The second-order valence-corrected chi connectivity index (χ2v) is 6.43. The Kier molecular flexibility index (Phi) is 4.58. The Morgan fingerprint density at radius 3 is 2.74 bits per heavy atom.